The van der Waals surface area contributed by atoms with E-state index in [4.69, 9.17) is 16.3 Å². The van der Waals surface area contributed by atoms with Gasteiger partial charge in [0.1, 0.15) is 17.3 Å². The monoisotopic (exact) mass is 378 g/mol. The van der Waals surface area contributed by atoms with E-state index in [1.54, 1.807) is 11.0 Å². The molecule has 1 N–H and O–H groups in total. The third kappa shape index (κ3) is 4.60. The number of carbonyl (C=O) groups is 1. The molecular weight excluding hydrogens is 359 g/mol. The van der Waals surface area contributed by atoms with E-state index < -0.39 is 5.82 Å². The fourth-order valence-corrected chi connectivity index (χ4v) is 2.60. The molecule has 1 aliphatic carbocycles. The fraction of sp³-hybridized carbons (Fsp3) is 0.389. The topological polar surface area (TPSA) is 69.0 Å². The van der Waals surface area contributed by atoms with Gasteiger partial charge in [0.15, 0.2) is 6.61 Å². The predicted molar refractivity (Wildman–Crippen MR) is 96.5 cm³/mol. The summed E-state index contributed by atoms with van der Waals surface area (Å²) >= 11 is 5.59. The summed E-state index contributed by atoms with van der Waals surface area (Å²) in [6.45, 7) is 4.20. The molecule has 1 saturated carbocycles. The molecule has 3 rings (SSSR count). The Labute approximate surface area is 156 Å². The zero-order valence-corrected chi connectivity index (χ0v) is 15.0. The van der Waals surface area contributed by atoms with Gasteiger partial charge in [0, 0.05) is 12.6 Å². The smallest absolute Gasteiger partial charge is 0.257 e. The van der Waals surface area contributed by atoms with Crippen molar-refractivity contribution in [2.75, 3.05) is 13.2 Å². The minimum atomic E-state index is -0.587. The first-order chi connectivity index (χ1) is 12.5. The van der Waals surface area contributed by atoms with Crippen LogP contribution < -0.4 is 10.1 Å². The summed E-state index contributed by atoms with van der Waals surface area (Å²) in [6, 6.07) is 4.44. The first kappa shape index (κ1) is 18.4. The lowest BCUT2D eigenvalue weighted by Crippen LogP contribution is -2.29. The molecule has 0 saturated heterocycles. The molecule has 1 aromatic heterocycles. The Morgan fingerprint density at radius 2 is 2.27 bits per heavy atom. The van der Waals surface area contributed by atoms with Gasteiger partial charge in [-0.05, 0) is 43.4 Å². The Morgan fingerprint density at radius 1 is 1.46 bits per heavy atom. The van der Waals surface area contributed by atoms with Gasteiger partial charge in [-0.15, -0.1) is 0 Å². The van der Waals surface area contributed by atoms with Crippen molar-refractivity contribution < 1.29 is 13.9 Å². The van der Waals surface area contributed by atoms with Gasteiger partial charge in [0.05, 0.1) is 17.3 Å². The highest BCUT2D eigenvalue weighted by atomic mass is 35.5. The molecule has 6 nitrogen and oxygen atoms in total. The molecule has 1 amide bonds. The average Bonchev–Trinajstić information content (AvgIpc) is 3.04. The highest BCUT2D eigenvalue weighted by Gasteiger charge is 2.21. The van der Waals surface area contributed by atoms with Gasteiger partial charge in [-0.25, -0.2) is 4.39 Å². The summed E-state index contributed by atoms with van der Waals surface area (Å²) in [7, 11) is 0. The Kier molecular flexibility index (Phi) is 5.88. The van der Waals surface area contributed by atoms with Crippen LogP contribution in [0.5, 0.6) is 5.75 Å². The van der Waals surface area contributed by atoms with Gasteiger partial charge in [-0.2, -0.15) is 15.0 Å². The molecule has 0 spiro atoms. The number of amides is 1. The highest BCUT2D eigenvalue weighted by Crippen LogP contribution is 2.30. The lowest BCUT2D eigenvalue weighted by Gasteiger charge is -2.23. The lowest BCUT2D eigenvalue weighted by molar-refractivity contribution is -0.123. The van der Waals surface area contributed by atoms with Crippen molar-refractivity contribution in [2.45, 2.75) is 31.7 Å². The molecule has 0 radical (unpaired) electrons. The molecule has 2 aromatic rings. The molecule has 0 unspecified atom stereocenters. The normalized spacial score (nSPS) is 13.9. The van der Waals surface area contributed by atoms with Crippen LogP contribution in [0.15, 0.2) is 31.0 Å². The lowest BCUT2D eigenvalue weighted by atomic mass is 9.94. The molecule has 0 atom stereocenters. The minimum absolute atomic E-state index is 0.00885. The van der Waals surface area contributed by atoms with Crippen LogP contribution in [-0.2, 0) is 4.79 Å². The van der Waals surface area contributed by atoms with E-state index in [-0.39, 0.29) is 23.3 Å². The molecule has 1 aliphatic rings. The van der Waals surface area contributed by atoms with Crippen molar-refractivity contribution in [3.8, 4) is 5.75 Å². The van der Waals surface area contributed by atoms with E-state index in [9.17, 15) is 9.18 Å². The van der Waals surface area contributed by atoms with Crippen LogP contribution in [0.1, 0.15) is 37.4 Å². The number of nitrogens with one attached hydrogen (secondary N) is 1. The molecule has 1 fully saturated rings. The van der Waals surface area contributed by atoms with E-state index in [1.807, 2.05) is 0 Å². The highest BCUT2D eigenvalue weighted by molar-refractivity contribution is 6.30. The molecule has 8 heteroatoms. The number of ether oxygens (including phenoxy) is 1. The minimum Gasteiger partial charge on any atom is -0.484 e. The Morgan fingerprint density at radius 3 is 2.96 bits per heavy atom. The molecule has 26 heavy (non-hydrogen) atoms. The predicted octanol–water partition coefficient (Wildman–Crippen LogP) is 3.39. The van der Waals surface area contributed by atoms with Gasteiger partial charge in [0.2, 0.25) is 0 Å². The van der Waals surface area contributed by atoms with Gasteiger partial charge < -0.3 is 10.1 Å². The molecule has 1 aromatic carbocycles. The number of halogens is 2. The summed E-state index contributed by atoms with van der Waals surface area (Å²) in [5.41, 5.74) is 1.57. The van der Waals surface area contributed by atoms with Gasteiger partial charge in [-0.3, -0.25) is 4.79 Å². The number of aromatic nitrogens is 3. The number of benzene rings is 1. The van der Waals surface area contributed by atoms with Crippen LogP contribution in [-0.4, -0.2) is 34.1 Å². The average molecular weight is 379 g/mol. The van der Waals surface area contributed by atoms with E-state index in [1.165, 1.54) is 18.6 Å². The quantitative estimate of drug-likeness (QED) is 0.764. The summed E-state index contributed by atoms with van der Waals surface area (Å²) in [5, 5.41) is 11.5. The van der Waals surface area contributed by atoms with Crippen molar-refractivity contribution in [3.05, 3.63) is 47.5 Å². The second-order valence-electron chi connectivity index (χ2n) is 6.20. The standard InChI is InChI=1S/C18H20ClFN4O2/c1-12(17-10-22-24(23-17)13-3-2-4-13)7-8-21-18(25)11-26-14-5-6-15(19)16(20)9-14/h5-6,9-10,13H,1-4,7-8,11H2,(H,21,25). The third-order valence-corrected chi connectivity index (χ3v) is 4.59. The van der Waals surface area contributed by atoms with Crippen molar-refractivity contribution in [1.82, 2.24) is 20.3 Å². The number of nitrogens with zero attached hydrogens (tertiary/aromatic N) is 3. The summed E-state index contributed by atoms with van der Waals surface area (Å²) in [4.78, 5) is 13.6. The second-order valence-corrected chi connectivity index (χ2v) is 6.61. The third-order valence-electron chi connectivity index (χ3n) is 4.28. The number of carbonyl (C=O) groups excluding carboxylic acids is 1. The van der Waals surface area contributed by atoms with E-state index in [0.717, 1.165) is 30.2 Å². The first-order valence-electron chi connectivity index (χ1n) is 8.47. The van der Waals surface area contributed by atoms with Crippen molar-refractivity contribution in [1.29, 1.82) is 0 Å². The molecule has 0 bridgehead atoms. The van der Waals surface area contributed by atoms with Crippen molar-refractivity contribution in [3.63, 3.8) is 0 Å². The number of hydrogen-bond donors (Lipinski definition) is 1. The Hall–Kier alpha value is -2.41. The maximum Gasteiger partial charge on any atom is 0.257 e. The molecule has 1 heterocycles. The first-order valence-corrected chi connectivity index (χ1v) is 8.85. The second kappa shape index (κ2) is 8.31. The van der Waals surface area contributed by atoms with Gasteiger partial charge in [-0.1, -0.05) is 18.2 Å². The SMILES string of the molecule is C=C(CCNC(=O)COc1ccc(Cl)c(F)c1)c1cnn(C2CCC2)n1. The maximum atomic E-state index is 13.3. The van der Waals surface area contributed by atoms with Crippen LogP contribution in [0.25, 0.3) is 5.57 Å². The summed E-state index contributed by atoms with van der Waals surface area (Å²) in [6.07, 6.45) is 5.73. The maximum absolute atomic E-state index is 13.3. The van der Waals surface area contributed by atoms with Crippen LogP contribution in [0.4, 0.5) is 4.39 Å². The fourth-order valence-electron chi connectivity index (χ4n) is 2.48. The van der Waals surface area contributed by atoms with E-state index >= 15 is 0 Å². The molecular formula is C18H20ClFN4O2. The largest absolute Gasteiger partial charge is 0.484 e. The van der Waals surface area contributed by atoms with E-state index in [0.29, 0.717) is 19.0 Å². The van der Waals surface area contributed by atoms with Crippen molar-refractivity contribution >= 4 is 23.1 Å². The van der Waals surface area contributed by atoms with Crippen LogP contribution in [0.2, 0.25) is 5.02 Å². The summed E-state index contributed by atoms with van der Waals surface area (Å²) < 4.78 is 18.5. The van der Waals surface area contributed by atoms with Crippen LogP contribution in [0, 0.1) is 5.82 Å². The van der Waals surface area contributed by atoms with Crippen molar-refractivity contribution in [2.24, 2.45) is 0 Å². The summed E-state index contributed by atoms with van der Waals surface area (Å²) in [5.74, 6) is -0.638. The number of hydrogen-bond acceptors (Lipinski definition) is 4. The number of rotatable bonds is 8. The zero-order chi connectivity index (χ0) is 18.5. The van der Waals surface area contributed by atoms with Gasteiger partial charge in [0.25, 0.3) is 5.91 Å². The Bertz CT molecular complexity index is 804. The Balaban J connectivity index is 1.38. The van der Waals surface area contributed by atoms with Gasteiger partial charge >= 0.3 is 0 Å². The zero-order valence-electron chi connectivity index (χ0n) is 14.3. The van der Waals surface area contributed by atoms with E-state index in [2.05, 4.69) is 22.1 Å². The van der Waals surface area contributed by atoms with Crippen LogP contribution in [0.3, 0.4) is 0 Å². The van der Waals surface area contributed by atoms with Crippen LogP contribution >= 0.6 is 11.6 Å². The molecule has 138 valence electrons. The molecule has 0 aliphatic heterocycles.